The van der Waals surface area contributed by atoms with Gasteiger partial charge in [-0.15, -0.1) is 11.3 Å². The van der Waals surface area contributed by atoms with Crippen LogP contribution in [0.3, 0.4) is 0 Å². The number of aryl methyl sites for hydroxylation is 1. The molecule has 2 aromatic rings. The molecule has 0 bridgehead atoms. The molecule has 0 spiro atoms. The normalized spacial score (nSPS) is 13.7. The Morgan fingerprint density at radius 3 is 2.92 bits per heavy atom. The van der Waals surface area contributed by atoms with E-state index in [1.165, 1.54) is 11.3 Å². The van der Waals surface area contributed by atoms with E-state index >= 15 is 0 Å². The number of anilines is 2. The van der Waals surface area contributed by atoms with Crippen LogP contribution in [0.1, 0.15) is 23.4 Å². The quantitative estimate of drug-likeness (QED) is 0.827. The van der Waals surface area contributed by atoms with Gasteiger partial charge >= 0.3 is 0 Å². The van der Waals surface area contributed by atoms with E-state index in [0.29, 0.717) is 54.7 Å². The number of thiazole rings is 1. The van der Waals surface area contributed by atoms with Crippen molar-refractivity contribution >= 4 is 28.3 Å². The molecule has 0 unspecified atom stereocenters. The van der Waals surface area contributed by atoms with Crippen LogP contribution in [-0.2, 0) is 24.2 Å². The van der Waals surface area contributed by atoms with Crippen molar-refractivity contribution < 1.29 is 4.79 Å². The molecule has 9 heteroatoms. The first kappa shape index (κ1) is 16.4. The Hall–Kier alpha value is -2.42. The highest BCUT2D eigenvalue weighted by atomic mass is 32.1. The fourth-order valence-corrected chi connectivity index (χ4v) is 3.28. The molecule has 0 atom stereocenters. The highest BCUT2D eigenvalue weighted by molar-refractivity contribution is 7.13. The summed E-state index contributed by atoms with van der Waals surface area (Å²) in [5.74, 6) is 0.548. The van der Waals surface area contributed by atoms with E-state index in [-0.39, 0.29) is 11.5 Å². The molecule has 0 fully saturated rings. The summed E-state index contributed by atoms with van der Waals surface area (Å²) in [6.45, 7) is 0.912. The van der Waals surface area contributed by atoms with Gasteiger partial charge in [0.05, 0.1) is 17.9 Å². The molecule has 0 radical (unpaired) electrons. The summed E-state index contributed by atoms with van der Waals surface area (Å²) < 4.78 is 0. The second-order valence-corrected chi connectivity index (χ2v) is 6.84. The van der Waals surface area contributed by atoms with E-state index in [1.54, 1.807) is 9.80 Å². The molecule has 0 aliphatic carbocycles. The number of nitrogens with zero attached hydrogens (tertiary/aromatic N) is 4. The molecule has 3 rings (SSSR count). The first-order valence-electron chi connectivity index (χ1n) is 7.71. The smallest absolute Gasteiger partial charge is 0.255 e. The van der Waals surface area contributed by atoms with Crippen LogP contribution in [0.4, 0.5) is 11.1 Å². The molecule has 0 aromatic carbocycles. The number of carbonyl (C=O) groups is 1. The number of aromatic amines is 1. The van der Waals surface area contributed by atoms with Crippen molar-refractivity contribution in [2.45, 2.75) is 25.8 Å². The van der Waals surface area contributed by atoms with Gasteiger partial charge < -0.3 is 15.5 Å². The van der Waals surface area contributed by atoms with E-state index in [0.717, 1.165) is 5.69 Å². The lowest BCUT2D eigenvalue weighted by atomic mass is 10.1. The molecular weight excluding hydrogens is 328 g/mol. The zero-order valence-corrected chi connectivity index (χ0v) is 14.5. The predicted octanol–water partition coefficient (Wildman–Crippen LogP) is 0.392. The first-order chi connectivity index (χ1) is 11.4. The van der Waals surface area contributed by atoms with E-state index in [9.17, 15) is 9.59 Å². The number of H-pyrrole nitrogens is 1. The van der Waals surface area contributed by atoms with Gasteiger partial charge in [-0.2, -0.15) is 0 Å². The van der Waals surface area contributed by atoms with Gasteiger partial charge in [-0.05, 0) is 12.8 Å². The number of rotatable bonds is 4. The van der Waals surface area contributed by atoms with Crippen LogP contribution in [0.5, 0.6) is 0 Å². The molecule has 2 aromatic heterocycles. The topological polar surface area (TPSA) is 108 Å². The Kier molecular flexibility index (Phi) is 4.52. The second kappa shape index (κ2) is 6.60. The molecule has 3 N–H and O–H groups in total. The zero-order chi connectivity index (χ0) is 17.3. The molecule has 8 nitrogen and oxygen atoms in total. The summed E-state index contributed by atoms with van der Waals surface area (Å²) in [7, 11) is 3.63. The maximum atomic E-state index is 12.4. The molecule has 128 valence electrons. The Labute approximate surface area is 143 Å². The highest BCUT2D eigenvalue weighted by Gasteiger charge is 2.24. The van der Waals surface area contributed by atoms with Gasteiger partial charge in [0.2, 0.25) is 11.9 Å². The second-order valence-electron chi connectivity index (χ2n) is 5.95. The number of hydrogen-bond acceptors (Lipinski definition) is 7. The Morgan fingerprint density at radius 2 is 2.25 bits per heavy atom. The zero-order valence-electron chi connectivity index (χ0n) is 13.7. The van der Waals surface area contributed by atoms with Crippen molar-refractivity contribution in [1.29, 1.82) is 0 Å². The van der Waals surface area contributed by atoms with Gasteiger partial charge in [0.1, 0.15) is 0 Å². The number of aromatic nitrogens is 3. The molecular formula is C15H20N6O2S. The molecule has 3 heterocycles. The van der Waals surface area contributed by atoms with Crippen molar-refractivity contribution in [2.24, 2.45) is 0 Å². The third kappa shape index (κ3) is 3.40. The largest absolute Gasteiger partial charge is 0.375 e. The molecule has 1 amide bonds. The lowest BCUT2D eigenvalue weighted by molar-refractivity contribution is -0.132. The van der Waals surface area contributed by atoms with Gasteiger partial charge in [0.15, 0.2) is 5.13 Å². The molecule has 24 heavy (non-hydrogen) atoms. The number of hydrogen-bond donors (Lipinski definition) is 2. The van der Waals surface area contributed by atoms with Crippen LogP contribution >= 0.6 is 11.3 Å². The summed E-state index contributed by atoms with van der Waals surface area (Å²) in [6.07, 6.45) is 1.48. The number of carbonyl (C=O) groups excluding carboxylic acids is 1. The Balaban J connectivity index is 1.69. The van der Waals surface area contributed by atoms with Gasteiger partial charge in [-0.3, -0.25) is 14.6 Å². The minimum atomic E-state index is -0.117. The maximum absolute atomic E-state index is 12.4. The molecule has 0 saturated carbocycles. The predicted molar refractivity (Wildman–Crippen MR) is 93.2 cm³/mol. The summed E-state index contributed by atoms with van der Waals surface area (Å²) in [5, 5.41) is 2.39. The first-order valence-corrected chi connectivity index (χ1v) is 8.59. The van der Waals surface area contributed by atoms with Crippen LogP contribution in [0, 0.1) is 0 Å². The van der Waals surface area contributed by atoms with Gasteiger partial charge in [0, 0.05) is 38.0 Å². The standard InChI is InChI=1S/C15H20N6O2S/c1-20(2)15-18-11-7-21(6-5-10(11)13(23)19-15)12(22)4-3-9-8-24-14(16)17-9/h8H,3-7H2,1-2H3,(H2,16,17)(H,18,19,23). The minimum Gasteiger partial charge on any atom is -0.375 e. The third-order valence-corrected chi connectivity index (χ3v) is 4.72. The molecule has 1 aliphatic rings. The van der Waals surface area contributed by atoms with Crippen molar-refractivity contribution in [1.82, 2.24) is 19.9 Å². The van der Waals surface area contributed by atoms with Crippen molar-refractivity contribution in [3.8, 4) is 0 Å². The summed E-state index contributed by atoms with van der Waals surface area (Å²) in [4.78, 5) is 39.5. The number of amides is 1. The average molecular weight is 348 g/mol. The molecule has 1 aliphatic heterocycles. The van der Waals surface area contributed by atoms with Crippen LogP contribution < -0.4 is 16.2 Å². The van der Waals surface area contributed by atoms with Gasteiger partial charge in [-0.1, -0.05) is 0 Å². The van der Waals surface area contributed by atoms with Crippen LogP contribution in [0.2, 0.25) is 0 Å². The Bertz CT molecular complexity index is 813. The third-order valence-electron chi connectivity index (χ3n) is 4.00. The van der Waals surface area contributed by atoms with Crippen molar-refractivity contribution in [2.75, 3.05) is 31.3 Å². The van der Waals surface area contributed by atoms with Gasteiger partial charge in [0.25, 0.3) is 5.56 Å². The van der Waals surface area contributed by atoms with Crippen LogP contribution in [-0.4, -0.2) is 46.4 Å². The van der Waals surface area contributed by atoms with E-state index in [1.807, 2.05) is 19.5 Å². The summed E-state index contributed by atoms with van der Waals surface area (Å²) in [5.41, 5.74) is 7.68. The number of nitrogens with one attached hydrogen (secondary N) is 1. The summed E-state index contributed by atoms with van der Waals surface area (Å²) >= 11 is 1.38. The summed E-state index contributed by atoms with van der Waals surface area (Å²) in [6, 6.07) is 0. The lowest BCUT2D eigenvalue weighted by Gasteiger charge is -2.28. The van der Waals surface area contributed by atoms with E-state index in [2.05, 4.69) is 15.0 Å². The van der Waals surface area contributed by atoms with E-state index in [4.69, 9.17) is 5.73 Å². The molecule has 0 saturated heterocycles. The van der Waals surface area contributed by atoms with Crippen LogP contribution in [0.15, 0.2) is 10.2 Å². The van der Waals surface area contributed by atoms with E-state index < -0.39 is 0 Å². The number of nitrogens with two attached hydrogens (primary N) is 1. The fourth-order valence-electron chi connectivity index (χ4n) is 2.68. The van der Waals surface area contributed by atoms with Crippen molar-refractivity contribution in [3.63, 3.8) is 0 Å². The SMILES string of the molecule is CN(C)c1nc2c(c(=O)[nH]1)CCN(C(=O)CCc1csc(N)n1)C2. The highest BCUT2D eigenvalue weighted by Crippen LogP contribution is 2.18. The minimum absolute atomic E-state index is 0.0423. The van der Waals surface area contributed by atoms with Crippen molar-refractivity contribution in [3.05, 3.63) is 32.7 Å². The maximum Gasteiger partial charge on any atom is 0.255 e. The van der Waals surface area contributed by atoms with Gasteiger partial charge in [-0.25, -0.2) is 9.97 Å². The average Bonchev–Trinajstić information content (AvgIpc) is 2.97. The fraction of sp³-hybridized carbons (Fsp3) is 0.467. The number of fused-ring (bicyclic) bond motifs is 1. The number of nitrogen functional groups attached to an aromatic ring is 1. The monoisotopic (exact) mass is 348 g/mol. The van der Waals surface area contributed by atoms with Crippen LogP contribution in [0.25, 0.3) is 0 Å². The Morgan fingerprint density at radius 1 is 1.46 bits per heavy atom. The lowest BCUT2D eigenvalue weighted by Crippen LogP contribution is -2.39.